The molecule has 1 heteroatoms. The molecular formula is C58H53N. The molecule has 0 N–H and O–H groups in total. The van der Waals surface area contributed by atoms with Crippen molar-refractivity contribution in [3.8, 4) is 44.5 Å². The maximum atomic E-state index is 2.46. The van der Waals surface area contributed by atoms with Crippen LogP contribution in [0.3, 0.4) is 0 Å². The predicted octanol–water partition coefficient (Wildman–Crippen LogP) is 16.8. The molecule has 59 heavy (non-hydrogen) atoms. The zero-order chi connectivity index (χ0) is 40.1. The first-order chi connectivity index (χ1) is 28.8. The molecule has 10 rings (SSSR count). The fourth-order valence-electron chi connectivity index (χ4n) is 10.3. The average molecular weight is 764 g/mol. The van der Waals surface area contributed by atoms with E-state index in [0.717, 1.165) is 11.4 Å². The third kappa shape index (κ3) is 6.67. The maximum absolute atomic E-state index is 2.46. The highest BCUT2D eigenvalue weighted by molar-refractivity contribution is 6.04. The van der Waals surface area contributed by atoms with E-state index in [4.69, 9.17) is 0 Å². The van der Waals surface area contributed by atoms with Gasteiger partial charge in [-0.25, -0.2) is 0 Å². The fourth-order valence-corrected chi connectivity index (χ4v) is 10.3. The van der Waals surface area contributed by atoms with Crippen LogP contribution in [0, 0.1) is 0 Å². The van der Waals surface area contributed by atoms with E-state index in [-0.39, 0.29) is 5.41 Å². The summed E-state index contributed by atoms with van der Waals surface area (Å²) >= 11 is 0. The van der Waals surface area contributed by atoms with Crippen LogP contribution < -0.4 is 4.90 Å². The van der Waals surface area contributed by atoms with Crippen LogP contribution in [0.15, 0.2) is 176 Å². The van der Waals surface area contributed by atoms with Gasteiger partial charge in [0.1, 0.15) is 0 Å². The molecule has 0 atom stereocenters. The average Bonchev–Trinajstić information content (AvgIpc) is 3.52. The van der Waals surface area contributed by atoms with Crippen molar-refractivity contribution in [3.63, 3.8) is 0 Å². The van der Waals surface area contributed by atoms with Crippen molar-refractivity contribution < 1.29 is 0 Å². The Morgan fingerprint density at radius 3 is 1.78 bits per heavy atom. The lowest BCUT2D eigenvalue weighted by atomic mass is 9.81. The second kappa shape index (κ2) is 15.2. The maximum Gasteiger partial charge on any atom is 0.0465 e. The van der Waals surface area contributed by atoms with Crippen molar-refractivity contribution in [1.29, 1.82) is 0 Å². The third-order valence-corrected chi connectivity index (χ3v) is 13.5. The second-order valence-corrected chi connectivity index (χ2v) is 17.7. The number of benzene rings is 8. The van der Waals surface area contributed by atoms with Crippen molar-refractivity contribution in [1.82, 2.24) is 0 Å². The van der Waals surface area contributed by atoms with Gasteiger partial charge in [-0.1, -0.05) is 186 Å². The summed E-state index contributed by atoms with van der Waals surface area (Å²) in [5.74, 6) is 1.17. The van der Waals surface area contributed by atoms with Gasteiger partial charge in [0.2, 0.25) is 0 Å². The molecule has 290 valence electrons. The Balaban J connectivity index is 1.06. The van der Waals surface area contributed by atoms with Crippen LogP contribution in [0.1, 0.15) is 93.9 Å². The summed E-state index contributed by atoms with van der Waals surface area (Å²) in [5, 5.41) is 2.52. The molecule has 0 aromatic heterocycles. The Hall–Kier alpha value is -6.18. The Morgan fingerprint density at radius 1 is 0.475 bits per heavy atom. The highest BCUT2D eigenvalue weighted by Crippen LogP contribution is 2.53. The molecule has 1 fully saturated rings. The molecule has 2 aliphatic rings. The van der Waals surface area contributed by atoms with E-state index < -0.39 is 0 Å². The first kappa shape index (κ1) is 37.1. The SMILES string of the molecule is CC(C)c1cccc2c1-c1ccc(N(c3ccc(-c4ccc(C5CCCCC5)cc4)cc3)c3ccc(-c4ccc5ccccc5c4-c4ccccc4)cc3)cc1C2(C)C. The van der Waals surface area contributed by atoms with Crippen LogP contribution >= 0.6 is 0 Å². The van der Waals surface area contributed by atoms with Crippen LogP contribution in [0.2, 0.25) is 0 Å². The molecule has 0 spiro atoms. The van der Waals surface area contributed by atoms with Crippen molar-refractivity contribution in [2.75, 3.05) is 4.90 Å². The molecule has 0 bridgehead atoms. The molecular weight excluding hydrogens is 711 g/mol. The summed E-state index contributed by atoms with van der Waals surface area (Å²) < 4.78 is 0. The number of nitrogens with zero attached hydrogens (tertiary/aromatic N) is 1. The summed E-state index contributed by atoms with van der Waals surface area (Å²) in [5.41, 5.74) is 19.3. The number of rotatable bonds is 8. The second-order valence-electron chi connectivity index (χ2n) is 17.7. The van der Waals surface area contributed by atoms with Gasteiger partial charge in [0, 0.05) is 22.5 Å². The largest absolute Gasteiger partial charge is 0.310 e. The Kier molecular flexibility index (Phi) is 9.56. The number of anilines is 3. The zero-order valence-electron chi connectivity index (χ0n) is 34.9. The van der Waals surface area contributed by atoms with Gasteiger partial charge < -0.3 is 4.90 Å². The molecule has 0 radical (unpaired) electrons. The van der Waals surface area contributed by atoms with Crippen LogP contribution in [0.25, 0.3) is 55.3 Å². The van der Waals surface area contributed by atoms with E-state index in [1.807, 2.05) is 0 Å². The predicted molar refractivity (Wildman–Crippen MR) is 252 cm³/mol. The van der Waals surface area contributed by atoms with E-state index in [1.54, 1.807) is 0 Å². The minimum absolute atomic E-state index is 0.112. The van der Waals surface area contributed by atoms with Gasteiger partial charge in [-0.3, -0.25) is 0 Å². The lowest BCUT2D eigenvalue weighted by Crippen LogP contribution is -2.16. The smallest absolute Gasteiger partial charge is 0.0465 e. The zero-order valence-corrected chi connectivity index (χ0v) is 34.9. The number of hydrogen-bond acceptors (Lipinski definition) is 1. The fraction of sp³-hybridized carbons (Fsp3) is 0.207. The summed E-state index contributed by atoms with van der Waals surface area (Å²) in [6.07, 6.45) is 6.76. The van der Waals surface area contributed by atoms with E-state index in [2.05, 4.69) is 209 Å². The Labute approximate surface area is 351 Å². The Bertz CT molecular complexity index is 2770. The lowest BCUT2D eigenvalue weighted by Gasteiger charge is -2.28. The highest BCUT2D eigenvalue weighted by atomic mass is 15.1. The van der Waals surface area contributed by atoms with Gasteiger partial charge >= 0.3 is 0 Å². The summed E-state index contributed by atoms with van der Waals surface area (Å²) in [7, 11) is 0. The molecule has 0 aliphatic heterocycles. The van der Waals surface area contributed by atoms with Crippen molar-refractivity contribution in [3.05, 3.63) is 198 Å². The van der Waals surface area contributed by atoms with E-state index in [1.165, 1.54) is 115 Å². The highest BCUT2D eigenvalue weighted by Gasteiger charge is 2.37. The first-order valence-corrected chi connectivity index (χ1v) is 21.8. The topological polar surface area (TPSA) is 3.24 Å². The monoisotopic (exact) mass is 763 g/mol. The van der Waals surface area contributed by atoms with Gasteiger partial charge in [-0.05, 0) is 139 Å². The van der Waals surface area contributed by atoms with E-state index in [0.29, 0.717) is 11.8 Å². The minimum Gasteiger partial charge on any atom is -0.310 e. The summed E-state index contributed by atoms with van der Waals surface area (Å²) in [4.78, 5) is 2.45. The van der Waals surface area contributed by atoms with Gasteiger partial charge in [0.25, 0.3) is 0 Å². The van der Waals surface area contributed by atoms with E-state index in [9.17, 15) is 0 Å². The quantitative estimate of drug-likeness (QED) is 0.149. The molecule has 0 saturated heterocycles. The lowest BCUT2D eigenvalue weighted by molar-refractivity contribution is 0.443. The van der Waals surface area contributed by atoms with Gasteiger partial charge in [0.05, 0.1) is 0 Å². The molecule has 1 nitrogen and oxygen atoms in total. The molecule has 1 saturated carbocycles. The van der Waals surface area contributed by atoms with Crippen LogP contribution in [-0.4, -0.2) is 0 Å². The van der Waals surface area contributed by atoms with Crippen molar-refractivity contribution in [2.24, 2.45) is 0 Å². The number of hydrogen-bond donors (Lipinski definition) is 0. The first-order valence-electron chi connectivity index (χ1n) is 21.8. The summed E-state index contributed by atoms with van der Waals surface area (Å²) in [6.45, 7) is 9.42. The van der Waals surface area contributed by atoms with Gasteiger partial charge in [-0.2, -0.15) is 0 Å². The summed E-state index contributed by atoms with van der Waals surface area (Å²) in [6, 6.07) is 66.1. The minimum atomic E-state index is -0.112. The van der Waals surface area contributed by atoms with Gasteiger partial charge in [-0.15, -0.1) is 0 Å². The standard InChI is InChI=1S/C58H53N/c1-39(2)50-20-13-21-54-57(50)53-37-35-49(38-55(53)58(54,3)4)59(47-31-26-43(27-32-47)42-24-22-41(23-25-42)40-14-7-5-8-15-40)48-33-28-45(29-34-48)52-36-30-44-16-11-12-19-51(44)56(52)46-17-9-6-10-18-46/h6,9-13,16-40H,5,7-8,14-15H2,1-4H3. The van der Waals surface area contributed by atoms with E-state index >= 15 is 0 Å². The van der Waals surface area contributed by atoms with Crippen LogP contribution in [0.5, 0.6) is 0 Å². The molecule has 2 aliphatic carbocycles. The van der Waals surface area contributed by atoms with Crippen LogP contribution in [0.4, 0.5) is 17.1 Å². The number of fused-ring (bicyclic) bond motifs is 4. The van der Waals surface area contributed by atoms with Gasteiger partial charge in [0.15, 0.2) is 0 Å². The van der Waals surface area contributed by atoms with Crippen molar-refractivity contribution in [2.45, 2.75) is 77.0 Å². The van der Waals surface area contributed by atoms with Crippen LogP contribution in [-0.2, 0) is 5.41 Å². The third-order valence-electron chi connectivity index (χ3n) is 13.5. The molecule has 8 aromatic carbocycles. The molecule has 8 aromatic rings. The molecule has 0 heterocycles. The Morgan fingerprint density at radius 2 is 1.08 bits per heavy atom. The van der Waals surface area contributed by atoms with Crippen molar-refractivity contribution >= 4 is 27.8 Å². The molecule has 0 unspecified atom stereocenters. The normalized spacial score (nSPS) is 14.7. The molecule has 0 amide bonds.